The van der Waals surface area contributed by atoms with Crippen LogP contribution < -0.4 is 5.32 Å². The van der Waals surface area contributed by atoms with Gasteiger partial charge in [-0.2, -0.15) is 0 Å². The number of hydrogen-bond acceptors (Lipinski definition) is 2. The maximum absolute atomic E-state index is 5.13. The zero-order chi connectivity index (χ0) is 11.6. The summed E-state index contributed by atoms with van der Waals surface area (Å²) in [5.41, 5.74) is 1.42. The zero-order valence-electron chi connectivity index (χ0n) is 10.4. The average Bonchev–Trinajstić information content (AvgIpc) is 2.34. The van der Waals surface area contributed by atoms with Crippen LogP contribution in [0.25, 0.3) is 0 Å². The second-order valence-corrected chi connectivity index (χ2v) is 4.06. The molecule has 1 rings (SSSR count). The first-order valence-electron chi connectivity index (χ1n) is 6.13. The standard InChI is InChI=1S/C14H23NO/c1-3-15-14(11-12-16-2)10-9-13-7-5-4-6-8-13/h4-8,14-15H,3,9-12H2,1-2H3. The Morgan fingerprint density at radius 3 is 2.56 bits per heavy atom. The normalized spacial score (nSPS) is 12.6. The van der Waals surface area contributed by atoms with Gasteiger partial charge in [-0.3, -0.25) is 0 Å². The topological polar surface area (TPSA) is 21.3 Å². The molecule has 1 unspecified atom stereocenters. The van der Waals surface area contributed by atoms with E-state index in [1.807, 2.05) is 0 Å². The Kier molecular flexibility index (Phi) is 6.86. The van der Waals surface area contributed by atoms with Crippen LogP contribution in [0.4, 0.5) is 0 Å². The first kappa shape index (κ1) is 13.2. The van der Waals surface area contributed by atoms with Gasteiger partial charge in [0.15, 0.2) is 0 Å². The van der Waals surface area contributed by atoms with Gasteiger partial charge in [-0.25, -0.2) is 0 Å². The van der Waals surface area contributed by atoms with E-state index in [4.69, 9.17) is 4.74 Å². The van der Waals surface area contributed by atoms with Crippen molar-refractivity contribution < 1.29 is 4.74 Å². The number of nitrogens with one attached hydrogen (secondary N) is 1. The minimum atomic E-state index is 0.574. The van der Waals surface area contributed by atoms with Crippen molar-refractivity contribution in [3.05, 3.63) is 35.9 Å². The second kappa shape index (κ2) is 8.31. The van der Waals surface area contributed by atoms with E-state index >= 15 is 0 Å². The fraction of sp³-hybridized carbons (Fsp3) is 0.571. The second-order valence-electron chi connectivity index (χ2n) is 4.06. The van der Waals surface area contributed by atoms with Crippen molar-refractivity contribution in [2.24, 2.45) is 0 Å². The fourth-order valence-electron chi connectivity index (χ4n) is 1.88. The van der Waals surface area contributed by atoms with Crippen molar-refractivity contribution in [3.8, 4) is 0 Å². The number of methoxy groups -OCH3 is 1. The predicted octanol–water partition coefficient (Wildman–Crippen LogP) is 2.63. The third-order valence-corrected chi connectivity index (χ3v) is 2.79. The SMILES string of the molecule is CCNC(CCOC)CCc1ccccc1. The van der Waals surface area contributed by atoms with E-state index in [0.717, 1.165) is 26.0 Å². The zero-order valence-corrected chi connectivity index (χ0v) is 10.4. The van der Waals surface area contributed by atoms with Crippen LogP contribution in [-0.4, -0.2) is 26.3 Å². The summed E-state index contributed by atoms with van der Waals surface area (Å²) >= 11 is 0. The lowest BCUT2D eigenvalue weighted by molar-refractivity contribution is 0.181. The van der Waals surface area contributed by atoms with Crippen molar-refractivity contribution in [1.29, 1.82) is 0 Å². The van der Waals surface area contributed by atoms with E-state index in [2.05, 4.69) is 42.6 Å². The van der Waals surface area contributed by atoms with Gasteiger partial charge in [-0.05, 0) is 31.4 Å². The highest BCUT2D eigenvalue weighted by molar-refractivity contribution is 5.14. The molecule has 2 nitrogen and oxygen atoms in total. The monoisotopic (exact) mass is 221 g/mol. The van der Waals surface area contributed by atoms with Gasteiger partial charge in [0.1, 0.15) is 0 Å². The minimum absolute atomic E-state index is 0.574. The lowest BCUT2D eigenvalue weighted by Gasteiger charge is -2.17. The van der Waals surface area contributed by atoms with Crippen molar-refractivity contribution in [2.45, 2.75) is 32.2 Å². The molecular formula is C14H23NO. The molecule has 0 saturated heterocycles. The molecule has 0 fully saturated rings. The largest absolute Gasteiger partial charge is 0.385 e. The number of benzene rings is 1. The van der Waals surface area contributed by atoms with Crippen LogP contribution in [-0.2, 0) is 11.2 Å². The Morgan fingerprint density at radius 2 is 1.94 bits per heavy atom. The molecule has 16 heavy (non-hydrogen) atoms. The van der Waals surface area contributed by atoms with Gasteiger partial charge in [-0.1, -0.05) is 37.3 Å². The molecule has 0 aliphatic carbocycles. The predicted molar refractivity (Wildman–Crippen MR) is 68.7 cm³/mol. The van der Waals surface area contributed by atoms with Crippen LogP contribution in [0.5, 0.6) is 0 Å². The third kappa shape index (κ3) is 5.29. The molecule has 0 saturated carbocycles. The smallest absolute Gasteiger partial charge is 0.0477 e. The number of rotatable bonds is 8. The molecule has 0 aliphatic heterocycles. The van der Waals surface area contributed by atoms with Crippen molar-refractivity contribution in [2.75, 3.05) is 20.3 Å². The Morgan fingerprint density at radius 1 is 1.19 bits per heavy atom. The highest BCUT2D eigenvalue weighted by Crippen LogP contribution is 2.07. The molecule has 1 aromatic carbocycles. The molecule has 1 aromatic rings. The van der Waals surface area contributed by atoms with Crippen LogP contribution in [0, 0.1) is 0 Å². The minimum Gasteiger partial charge on any atom is -0.385 e. The highest BCUT2D eigenvalue weighted by atomic mass is 16.5. The lowest BCUT2D eigenvalue weighted by Crippen LogP contribution is -2.30. The van der Waals surface area contributed by atoms with Crippen LogP contribution in [0.15, 0.2) is 30.3 Å². The summed E-state index contributed by atoms with van der Waals surface area (Å²) in [4.78, 5) is 0. The summed E-state index contributed by atoms with van der Waals surface area (Å²) in [7, 11) is 1.76. The molecule has 0 aliphatic rings. The van der Waals surface area contributed by atoms with Gasteiger partial charge >= 0.3 is 0 Å². The maximum atomic E-state index is 5.13. The molecule has 90 valence electrons. The van der Waals surface area contributed by atoms with Crippen LogP contribution in [0.2, 0.25) is 0 Å². The number of ether oxygens (including phenoxy) is 1. The van der Waals surface area contributed by atoms with Crippen molar-refractivity contribution >= 4 is 0 Å². The van der Waals surface area contributed by atoms with Gasteiger partial charge in [0.2, 0.25) is 0 Å². The summed E-state index contributed by atoms with van der Waals surface area (Å²) in [6, 6.07) is 11.2. The summed E-state index contributed by atoms with van der Waals surface area (Å²) in [6.07, 6.45) is 3.42. The first-order valence-corrected chi connectivity index (χ1v) is 6.13. The Labute approximate surface area is 99.0 Å². The van der Waals surface area contributed by atoms with Crippen molar-refractivity contribution in [1.82, 2.24) is 5.32 Å². The van der Waals surface area contributed by atoms with E-state index < -0.39 is 0 Å². The Hall–Kier alpha value is -0.860. The third-order valence-electron chi connectivity index (χ3n) is 2.79. The van der Waals surface area contributed by atoms with E-state index in [0.29, 0.717) is 6.04 Å². The summed E-state index contributed by atoms with van der Waals surface area (Å²) in [5.74, 6) is 0. The van der Waals surface area contributed by atoms with Gasteiger partial charge < -0.3 is 10.1 Å². The molecular weight excluding hydrogens is 198 g/mol. The van der Waals surface area contributed by atoms with Crippen molar-refractivity contribution in [3.63, 3.8) is 0 Å². The van der Waals surface area contributed by atoms with Gasteiger partial charge in [0.05, 0.1) is 0 Å². The molecule has 1 atom stereocenters. The Bertz CT molecular complexity index is 261. The lowest BCUT2D eigenvalue weighted by atomic mass is 10.0. The van der Waals surface area contributed by atoms with Gasteiger partial charge in [0.25, 0.3) is 0 Å². The van der Waals surface area contributed by atoms with E-state index in [1.54, 1.807) is 7.11 Å². The Balaban J connectivity index is 2.31. The molecule has 0 amide bonds. The fourth-order valence-corrected chi connectivity index (χ4v) is 1.88. The quantitative estimate of drug-likeness (QED) is 0.728. The molecule has 1 N–H and O–H groups in total. The van der Waals surface area contributed by atoms with Gasteiger partial charge in [0, 0.05) is 19.8 Å². The van der Waals surface area contributed by atoms with Crippen LogP contribution >= 0.6 is 0 Å². The van der Waals surface area contributed by atoms with Gasteiger partial charge in [-0.15, -0.1) is 0 Å². The van der Waals surface area contributed by atoms with E-state index in [-0.39, 0.29) is 0 Å². The maximum Gasteiger partial charge on any atom is 0.0477 e. The average molecular weight is 221 g/mol. The molecule has 0 heterocycles. The highest BCUT2D eigenvalue weighted by Gasteiger charge is 2.06. The molecule has 0 aromatic heterocycles. The van der Waals surface area contributed by atoms with Crippen LogP contribution in [0.1, 0.15) is 25.3 Å². The number of aryl methyl sites for hydroxylation is 1. The van der Waals surface area contributed by atoms with E-state index in [9.17, 15) is 0 Å². The molecule has 2 heteroatoms. The van der Waals surface area contributed by atoms with Crippen LogP contribution in [0.3, 0.4) is 0 Å². The summed E-state index contributed by atoms with van der Waals surface area (Å²) < 4.78 is 5.13. The molecule has 0 bridgehead atoms. The first-order chi connectivity index (χ1) is 7.86. The van der Waals surface area contributed by atoms with E-state index in [1.165, 1.54) is 12.0 Å². The molecule has 0 radical (unpaired) electrons. The summed E-state index contributed by atoms with van der Waals surface area (Å²) in [5, 5.41) is 3.51. The molecule has 0 spiro atoms. The number of hydrogen-bond donors (Lipinski definition) is 1. The summed E-state index contributed by atoms with van der Waals surface area (Å²) in [6.45, 7) is 4.03.